The Balaban J connectivity index is 2.12. The van der Waals surface area contributed by atoms with E-state index >= 15 is 0 Å². The monoisotopic (exact) mass is 223 g/mol. The van der Waals surface area contributed by atoms with E-state index in [0.717, 1.165) is 11.3 Å². The molecule has 0 atom stereocenters. The smallest absolute Gasteiger partial charge is 0.187 e. The van der Waals surface area contributed by atoms with Crippen molar-refractivity contribution in [1.29, 1.82) is 0 Å². The molecule has 0 aliphatic carbocycles. The van der Waals surface area contributed by atoms with E-state index in [-0.39, 0.29) is 5.78 Å². The van der Waals surface area contributed by atoms with E-state index in [0.29, 0.717) is 5.56 Å². The van der Waals surface area contributed by atoms with Crippen LogP contribution in [0.4, 0.5) is 0 Å². The first-order valence-electron chi connectivity index (χ1n) is 5.46. The minimum atomic E-state index is -0.0265. The minimum absolute atomic E-state index is 0.0265. The third kappa shape index (κ3) is 3.11. The summed E-state index contributed by atoms with van der Waals surface area (Å²) >= 11 is 0. The number of nitrogens with zero attached hydrogens (tertiary/aromatic N) is 1. The third-order valence-corrected chi connectivity index (χ3v) is 2.42. The van der Waals surface area contributed by atoms with Gasteiger partial charge in [-0.2, -0.15) is 0 Å². The van der Waals surface area contributed by atoms with Crippen LogP contribution in [0.3, 0.4) is 0 Å². The second-order valence-electron chi connectivity index (χ2n) is 3.80. The topological polar surface area (TPSA) is 30.0 Å². The molecular weight excluding hydrogens is 210 g/mol. The van der Waals surface area contributed by atoms with Crippen molar-refractivity contribution in [2.24, 2.45) is 0 Å². The first kappa shape index (κ1) is 11.3. The average molecular weight is 223 g/mol. The van der Waals surface area contributed by atoms with Crippen molar-refractivity contribution in [1.82, 2.24) is 4.98 Å². The van der Waals surface area contributed by atoms with E-state index in [4.69, 9.17) is 0 Å². The molecule has 0 fully saturated rings. The normalized spacial score (nSPS) is 10.6. The van der Waals surface area contributed by atoms with Crippen molar-refractivity contribution in [3.05, 3.63) is 71.6 Å². The molecule has 0 N–H and O–H groups in total. The highest BCUT2D eigenvalue weighted by molar-refractivity contribution is 6.06. The molecule has 0 aliphatic rings. The average Bonchev–Trinajstić information content (AvgIpc) is 2.38. The Morgan fingerprint density at radius 1 is 1.12 bits per heavy atom. The van der Waals surface area contributed by atoms with Crippen molar-refractivity contribution < 1.29 is 4.79 Å². The summed E-state index contributed by atoms with van der Waals surface area (Å²) in [7, 11) is 0. The van der Waals surface area contributed by atoms with E-state index in [2.05, 4.69) is 4.98 Å². The van der Waals surface area contributed by atoms with Gasteiger partial charge in [-0.05, 0) is 30.7 Å². The zero-order valence-electron chi connectivity index (χ0n) is 9.63. The highest BCUT2D eigenvalue weighted by atomic mass is 16.1. The lowest BCUT2D eigenvalue weighted by atomic mass is 10.1. The number of ketones is 1. The molecule has 2 aromatic rings. The van der Waals surface area contributed by atoms with Gasteiger partial charge in [-0.15, -0.1) is 0 Å². The molecule has 1 aromatic heterocycles. The van der Waals surface area contributed by atoms with Crippen LogP contribution in [0.1, 0.15) is 21.6 Å². The van der Waals surface area contributed by atoms with Gasteiger partial charge < -0.3 is 0 Å². The Morgan fingerprint density at radius 3 is 2.53 bits per heavy atom. The lowest BCUT2D eigenvalue weighted by molar-refractivity contribution is 0.104. The zero-order valence-corrected chi connectivity index (χ0v) is 9.63. The molecule has 0 amide bonds. The lowest BCUT2D eigenvalue weighted by Crippen LogP contribution is -1.95. The molecule has 0 unspecified atom stereocenters. The van der Waals surface area contributed by atoms with E-state index in [1.165, 1.54) is 0 Å². The second kappa shape index (κ2) is 5.21. The fourth-order valence-electron chi connectivity index (χ4n) is 1.45. The highest BCUT2D eigenvalue weighted by Crippen LogP contribution is 2.05. The van der Waals surface area contributed by atoms with Crippen LogP contribution >= 0.6 is 0 Å². The van der Waals surface area contributed by atoms with Crippen LogP contribution in [0, 0.1) is 6.92 Å². The van der Waals surface area contributed by atoms with Crippen LogP contribution in [0.15, 0.2) is 54.7 Å². The fourth-order valence-corrected chi connectivity index (χ4v) is 1.45. The number of hydrogen-bond acceptors (Lipinski definition) is 2. The number of benzene rings is 1. The fraction of sp³-hybridized carbons (Fsp3) is 0.0667. The van der Waals surface area contributed by atoms with Crippen molar-refractivity contribution in [3.63, 3.8) is 0 Å². The largest absolute Gasteiger partial charge is 0.289 e. The molecule has 2 rings (SSSR count). The Bertz CT molecular complexity index is 527. The quantitative estimate of drug-likeness (QED) is 0.590. The van der Waals surface area contributed by atoms with Crippen molar-refractivity contribution in [2.75, 3.05) is 0 Å². The first-order chi connectivity index (χ1) is 8.25. The molecule has 84 valence electrons. The maximum Gasteiger partial charge on any atom is 0.187 e. The molecule has 2 heteroatoms. The van der Waals surface area contributed by atoms with Crippen LogP contribution in [0.5, 0.6) is 0 Å². The summed E-state index contributed by atoms with van der Waals surface area (Å²) in [5.41, 5.74) is 2.54. The summed E-state index contributed by atoms with van der Waals surface area (Å²) < 4.78 is 0. The predicted octanol–water partition coefficient (Wildman–Crippen LogP) is 3.29. The second-order valence-corrected chi connectivity index (χ2v) is 3.80. The van der Waals surface area contributed by atoms with Crippen molar-refractivity contribution in [2.45, 2.75) is 6.92 Å². The van der Waals surface area contributed by atoms with Crippen LogP contribution in [-0.2, 0) is 0 Å². The van der Waals surface area contributed by atoms with Crippen molar-refractivity contribution >= 4 is 11.9 Å². The summed E-state index contributed by atoms with van der Waals surface area (Å²) in [5, 5.41) is 0. The molecule has 0 radical (unpaired) electrons. The van der Waals surface area contributed by atoms with Gasteiger partial charge in [-0.1, -0.05) is 36.4 Å². The number of pyridine rings is 1. The zero-order chi connectivity index (χ0) is 12.1. The van der Waals surface area contributed by atoms with Gasteiger partial charge in [0.25, 0.3) is 0 Å². The van der Waals surface area contributed by atoms with Gasteiger partial charge in [-0.25, -0.2) is 0 Å². The van der Waals surface area contributed by atoms with E-state index in [1.807, 2.05) is 49.4 Å². The number of aromatic nitrogens is 1. The molecule has 0 bridgehead atoms. The van der Waals surface area contributed by atoms with Crippen LogP contribution in [-0.4, -0.2) is 10.8 Å². The van der Waals surface area contributed by atoms with Gasteiger partial charge >= 0.3 is 0 Å². The highest BCUT2D eigenvalue weighted by Gasteiger charge is 2.00. The van der Waals surface area contributed by atoms with Gasteiger partial charge in [0.05, 0.1) is 0 Å². The summed E-state index contributed by atoms with van der Waals surface area (Å²) in [5.74, 6) is -0.0265. The van der Waals surface area contributed by atoms with Crippen LogP contribution in [0.25, 0.3) is 6.08 Å². The van der Waals surface area contributed by atoms with E-state index in [1.54, 1.807) is 18.3 Å². The number of aryl methyl sites for hydroxylation is 1. The van der Waals surface area contributed by atoms with E-state index < -0.39 is 0 Å². The number of carbonyl (C=O) groups is 1. The Morgan fingerprint density at radius 2 is 1.88 bits per heavy atom. The third-order valence-electron chi connectivity index (χ3n) is 2.42. The number of hydrogen-bond donors (Lipinski definition) is 0. The molecule has 2 nitrogen and oxygen atoms in total. The lowest BCUT2D eigenvalue weighted by Gasteiger charge is -1.96. The Hall–Kier alpha value is -2.22. The summed E-state index contributed by atoms with van der Waals surface area (Å²) in [6, 6.07) is 13.4. The van der Waals surface area contributed by atoms with Gasteiger partial charge in [0.1, 0.15) is 0 Å². The molecular formula is C15H13NO. The van der Waals surface area contributed by atoms with E-state index in [9.17, 15) is 4.79 Å². The molecule has 0 spiro atoms. The summed E-state index contributed by atoms with van der Waals surface area (Å²) in [4.78, 5) is 15.9. The SMILES string of the molecule is Cc1ccc(C(=O)/C=C/c2ccccc2)cn1. The summed E-state index contributed by atoms with van der Waals surface area (Å²) in [6.45, 7) is 1.90. The number of allylic oxidation sites excluding steroid dienone is 1. The van der Waals surface area contributed by atoms with Crippen molar-refractivity contribution in [3.8, 4) is 0 Å². The van der Waals surface area contributed by atoms with Gasteiger partial charge in [0.2, 0.25) is 0 Å². The first-order valence-corrected chi connectivity index (χ1v) is 5.46. The molecule has 17 heavy (non-hydrogen) atoms. The maximum absolute atomic E-state index is 11.8. The maximum atomic E-state index is 11.8. The number of carbonyl (C=O) groups excluding carboxylic acids is 1. The molecule has 1 aromatic carbocycles. The Kier molecular flexibility index (Phi) is 3.46. The molecule has 0 saturated heterocycles. The standard InChI is InChI=1S/C15H13NO/c1-12-7-9-14(11-16-12)15(17)10-8-13-5-3-2-4-6-13/h2-11H,1H3/b10-8+. The van der Waals surface area contributed by atoms with Crippen LogP contribution < -0.4 is 0 Å². The predicted molar refractivity (Wildman–Crippen MR) is 68.8 cm³/mol. The molecule has 0 saturated carbocycles. The molecule has 0 aliphatic heterocycles. The number of rotatable bonds is 3. The van der Waals surface area contributed by atoms with Crippen LogP contribution in [0.2, 0.25) is 0 Å². The van der Waals surface area contributed by atoms with Gasteiger partial charge in [0, 0.05) is 17.5 Å². The summed E-state index contributed by atoms with van der Waals surface area (Å²) in [6.07, 6.45) is 4.98. The minimum Gasteiger partial charge on any atom is -0.289 e. The molecule has 1 heterocycles. The van der Waals surface area contributed by atoms with Gasteiger partial charge in [0.15, 0.2) is 5.78 Å². The Labute approximate surface area is 101 Å². The van der Waals surface area contributed by atoms with Gasteiger partial charge in [-0.3, -0.25) is 9.78 Å².